The van der Waals surface area contributed by atoms with Crippen LogP contribution in [0.5, 0.6) is 0 Å². The van der Waals surface area contributed by atoms with Crippen LogP contribution >= 0.6 is 0 Å². The second-order valence-electron chi connectivity index (χ2n) is 6.73. The Labute approximate surface area is 131 Å². The topological polar surface area (TPSA) is 41.6 Å². The maximum Gasteiger partial charge on any atom is 0.410 e. The number of hydrogen-bond acceptors (Lipinski definition) is 3. The van der Waals surface area contributed by atoms with Crippen molar-refractivity contribution in [1.82, 2.24) is 10.2 Å². The Bertz CT molecular complexity index is 514. The minimum absolute atomic E-state index is 0.142. The lowest BCUT2D eigenvalue weighted by Gasteiger charge is -2.28. The molecule has 1 fully saturated rings. The molecule has 1 atom stereocenters. The van der Waals surface area contributed by atoms with E-state index < -0.39 is 5.60 Å². The lowest BCUT2D eigenvalue weighted by Crippen LogP contribution is -2.44. The van der Waals surface area contributed by atoms with Crippen molar-refractivity contribution in [2.45, 2.75) is 51.8 Å². The standard InChI is InChI=1S/C17H25FN2O2/c1-17(2,3)22-16(21)20-9-5-8-15(20)12-19-11-13-6-4-7-14(18)10-13/h4,6-7,10,15,19H,5,8-9,11-12H2,1-3H3/t15-/m1/s1. The van der Waals surface area contributed by atoms with Crippen LogP contribution < -0.4 is 5.32 Å². The summed E-state index contributed by atoms with van der Waals surface area (Å²) in [5.41, 5.74) is 0.431. The molecule has 2 rings (SSSR count). The highest BCUT2D eigenvalue weighted by atomic mass is 19.1. The number of nitrogens with one attached hydrogen (secondary N) is 1. The average Bonchev–Trinajstić information content (AvgIpc) is 2.85. The summed E-state index contributed by atoms with van der Waals surface area (Å²) in [7, 11) is 0. The van der Waals surface area contributed by atoms with Gasteiger partial charge in [0.25, 0.3) is 0 Å². The zero-order chi connectivity index (χ0) is 16.2. The predicted octanol–water partition coefficient (Wildman–Crippen LogP) is 3.31. The normalized spacial score (nSPS) is 18.5. The summed E-state index contributed by atoms with van der Waals surface area (Å²) in [5.74, 6) is -0.226. The SMILES string of the molecule is CC(C)(C)OC(=O)N1CCC[C@@H]1CNCc1cccc(F)c1. The van der Waals surface area contributed by atoms with Crippen molar-refractivity contribution >= 4 is 6.09 Å². The Hall–Kier alpha value is -1.62. The summed E-state index contributed by atoms with van der Waals surface area (Å²) in [5, 5.41) is 3.30. The van der Waals surface area contributed by atoms with Gasteiger partial charge in [0.05, 0.1) is 0 Å². The molecular formula is C17H25FN2O2. The minimum Gasteiger partial charge on any atom is -0.444 e. The third-order valence-electron chi connectivity index (χ3n) is 3.60. The quantitative estimate of drug-likeness (QED) is 0.928. The smallest absolute Gasteiger partial charge is 0.410 e. The molecule has 0 unspecified atom stereocenters. The molecule has 1 aromatic rings. The van der Waals surface area contributed by atoms with Crippen molar-refractivity contribution in [3.05, 3.63) is 35.6 Å². The van der Waals surface area contributed by atoms with Gasteiger partial charge in [-0.05, 0) is 51.3 Å². The number of ether oxygens (including phenoxy) is 1. The first-order valence-electron chi connectivity index (χ1n) is 7.80. The Kier molecular flexibility index (Phi) is 5.40. The number of carbonyl (C=O) groups is 1. The summed E-state index contributed by atoms with van der Waals surface area (Å²) >= 11 is 0. The molecule has 5 heteroatoms. The van der Waals surface area contributed by atoms with Gasteiger partial charge < -0.3 is 15.0 Å². The van der Waals surface area contributed by atoms with E-state index in [1.807, 2.05) is 26.8 Å². The van der Waals surface area contributed by atoms with E-state index in [0.717, 1.165) is 24.9 Å². The van der Waals surface area contributed by atoms with Crippen molar-refractivity contribution in [3.8, 4) is 0 Å². The zero-order valence-electron chi connectivity index (χ0n) is 13.6. The second kappa shape index (κ2) is 7.09. The number of rotatable bonds is 4. The molecule has 1 aliphatic heterocycles. The van der Waals surface area contributed by atoms with Crippen LogP contribution in [0.2, 0.25) is 0 Å². The van der Waals surface area contributed by atoms with E-state index in [-0.39, 0.29) is 18.0 Å². The van der Waals surface area contributed by atoms with E-state index in [2.05, 4.69) is 5.32 Å². The third-order valence-corrected chi connectivity index (χ3v) is 3.60. The van der Waals surface area contributed by atoms with E-state index >= 15 is 0 Å². The van der Waals surface area contributed by atoms with Gasteiger partial charge in [-0.2, -0.15) is 0 Å². The van der Waals surface area contributed by atoms with E-state index in [1.54, 1.807) is 11.0 Å². The number of hydrogen-bond donors (Lipinski definition) is 1. The molecule has 1 aromatic carbocycles. The van der Waals surface area contributed by atoms with Crippen LogP contribution in [0.15, 0.2) is 24.3 Å². The van der Waals surface area contributed by atoms with Gasteiger partial charge >= 0.3 is 6.09 Å². The maximum atomic E-state index is 13.1. The molecule has 1 amide bonds. The summed E-state index contributed by atoms with van der Waals surface area (Å²) in [6, 6.07) is 6.69. The number of likely N-dealkylation sites (tertiary alicyclic amines) is 1. The molecule has 122 valence electrons. The Morgan fingerprint density at radius 1 is 1.45 bits per heavy atom. The molecule has 4 nitrogen and oxygen atoms in total. The Balaban J connectivity index is 1.82. The first kappa shape index (κ1) is 16.7. The van der Waals surface area contributed by atoms with Gasteiger partial charge in [-0.3, -0.25) is 0 Å². The van der Waals surface area contributed by atoms with Crippen LogP contribution in [0, 0.1) is 5.82 Å². The molecule has 1 aliphatic rings. The molecule has 0 radical (unpaired) electrons. The predicted molar refractivity (Wildman–Crippen MR) is 84.1 cm³/mol. The Morgan fingerprint density at radius 3 is 2.91 bits per heavy atom. The monoisotopic (exact) mass is 308 g/mol. The average molecular weight is 308 g/mol. The minimum atomic E-state index is -0.473. The molecule has 1 N–H and O–H groups in total. The highest BCUT2D eigenvalue weighted by Gasteiger charge is 2.31. The highest BCUT2D eigenvalue weighted by molar-refractivity contribution is 5.69. The summed E-state index contributed by atoms with van der Waals surface area (Å²) < 4.78 is 18.6. The largest absolute Gasteiger partial charge is 0.444 e. The summed E-state index contributed by atoms with van der Waals surface area (Å²) in [6.45, 7) is 7.64. The van der Waals surface area contributed by atoms with Gasteiger partial charge in [0.15, 0.2) is 0 Å². The summed E-state index contributed by atoms with van der Waals surface area (Å²) in [6.07, 6.45) is 1.71. The van der Waals surface area contributed by atoms with Gasteiger partial charge in [0.2, 0.25) is 0 Å². The number of nitrogens with zero attached hydrogens (tertiary/aromatic N) is 1. The fraction of sp³-hybridized carbons (Fsp3) is 0.588. The molecule has 0 bridgehead atoms. The molecular weight excluding hydrogens is 283 g/mol. The number of benzene rings is 1. The fourth-order valence-electron chi connectivity index (χ4n) is 2.64. The number of amides is 1. The Morgan fingerprint density at radius 2 is 2.23 bits per heavy atom. The van der Waals surface area contributed by atoms with Crippen molar-refractivity contribution in [2.24, 2.45) is 0 Å². The van der Waals surface area contributed by atoms with E-state index in [4.69, 9.17) is 4.74 Å². The molecule has 0 saturated carbocycles. The van der Waals surface area contributed by atoms with E-state index in [9.17, 15) is 9.18 Å². The number of halogens is 1. The van der Waals surface area contributed by atoms with Crippen LogP contribution in [0.25, 0.3) is 0 Å². The zero-order valence-corrected chi connectivity index (χ0v) is 13.6. The maximum absolute atomic E-state index is 13.1. The van der Waals surface area contributed by atoms with Gasteiger partial charge in [-0.15, -0.1) is 0 Å². The van der Waals surface area contributed by atoms with Crippen LogP contribution in [-0.4, -0.2) is 35.7 Å². The molecule has 1 heterocycles. The van der Waals surface area contributed by atoms with Crippen LogP contribution in [-0.2, 0) is 11.3 Å². The first-order chi connectivity index (χ1) is 10.3. The lowest BCUT2D eigenvalue weighted by molar-refractivity contribution is 0.0226. The van der Waals surface area contributed by atoms with Gasteiger partial charge in [0, 0.05) is 25.7 Å². The summed E-state index contributed by atoms with van der Waals surface area (Å²) in [4.78, 5) is 14.0. The fourth-order valence-corrected chi connectivity index (χ4v) is 2.64. The second-order valence-corrected chi connectivity index (χ2v) is 6.73. The first-order valence-corrected chi connectivity index (χ1v) is 7.80. The van der Waals surface area contributed by atoms with Crippen molar-refractivity contribution < 1.29 is 13.9 Å². The molecule has 0 spiro atoms. The van der Waals surface area contributed by atoms with Crippen molar-refractivity contribution in [3.63, 3.8) is 0 Å². The molecule has 22 heavy (non-hydrogen) atoms. The van der Waals surface area contributed by atoms with E-state index in [0.29, 0.717) is 13.1 Å². The van der Waals surface area contributed by atoms with Gasteiger partial charge in [-0.1, -0.05) is 12.1 Å². The van der Waals surface area contributed by atoms with Gasteiger partial charge in [-0.25, -0.2) is 9.18 Å². The third kappa shape index (κ3) is 4.98. The lowest BCUT2D eigenvalue weighted by atomic mass is 10.2. The molecule has 0 aliphatic carbocycles. The van der Waals surface area contributed by atoms with Crippen LogP contribution in [0.4, 0.5) is 9.18 Å². The van der Waals surface area contributed by atoms with E-state index in [1.165, 1.54) is 12.1 Å². The van der Waals surface area contributed by atoms with Crippen molar-refractivity contribution in [1.29, 1.82) is 0 Å². The highest BCUT2D eigenvalue weighted by Crippen LogP contribution is 2.20. The molecule has 1 saturated heterocycles. The van der Waals surface area contributed by atoms with Gasteiger partial charge in [0.1, 0.15) is 11.4 Å². The molecule has 0 aromatic heterocycles. The van der Waals surface area contributed by atoms with Crippen molar-refractivity contribution in [2.75, 3.05) is 13.1 Å². The number of carbonyl (C=O) groups excluding carboxylic acids is 1. The van der Waals surface area contributed by atoms with Crippen LogP contribution in [0.1, 0.15) is 39.2 Å². The van der Waals surface area contributed by atoms with Crippen LogP contribution in [0.3, 0.4) is 0 Å².